The van der Waals surface area contributed by atoms with E-state index in [1.807, 2.05) is 31.2 Å². The van der Waals surface area contributed by atoms with Gasteiger partial charge in [-0.05, 0) is 53.3 Å². The molecule has 1 N–H and O–H groups in total. The number of anilines is 1. The molecular formula is C31H29FN2O4S. The summed E-state index contributed by atoms with van der Waals surface area (Å²) in [5.41, 5.74) is 2.47. The fourth-order valence-corrected chi connectivity index (χ4v) is 5.63. The summed E-state index contributed by atoms with van der Waals surface area (Å²) in [5.74, 6) is -1.79. The second-order valence-corrected chi connectivity index (χ2v) is 11.5. The number of ether oxygens (including phenoxy) is 1. The Morgan fingerprint density at radius 1 is 1.08 bits per heavy atom. The molecule has 1 aliphatic heterocycles. The number of carbonyl (C=O) groups is 2. The third kappa shape index (κ3) is 5.04. The number of amides is 1. The number of aliphatic hydroxyl groups is 1. The number of carbonyl (C=O) groups excluding carboxylic acids is 2. The highest BCUT2D eigenvalue weighted by Gasteiger charge is 2.48. The zero-order chi connectivity index (χ0) is 27.9. The molecule has 0 bridgehead atoms. The van der Waals surface area contributed by atoms with Crippen LogP contribution < -0.4 is 9.64 Å². The number of ketones is 1. The highest BCUT2D eigenvalue weighted by Crippen LogP contribution is 2.44. The lowest BCUT2D eigenvalue weighted by Gasteiger charge is -2.24. The van der Waals surface area contributed by atoms with Gasteiger partial charge in [0.05, 0.1) is 28.4 Å². The largest absolute Gasteiger partial charge is 0.507 e. The van der Waals surface area contributed by atoms with Crippen molar-refractivity contribution in [3.63, 3.8) is 0 Å². The van der Waals surface area contributed by atoms with E-state index >= 15 is 0 Å². The van der Waals surface area contributed by atoms with E-state index in [-0.39, 0.29) is 21.9 Å². The predicted octanol–water partition coefficient (Wildman–Crippen LogP) is 7.15. The molecular weight excluding hydrogens is 515 g/mol. The molecule has 6 nitrogen and oxygen atoms in total. The van der Waals surface area contributed by atoms with Crippen molar-refractivity contribution in [1.82, 2.24) is 4.98 Å². The molecule has 2 heterocycles. The van der Waals surface area contributed by atoms with Crippen LogP contribution in [-0.4, -0.2) is 28.4 Å². The number of hydrogen-bond donors (Lipinski definition) is 1. The van der Waals surface area contributed by atoms with Gasteiger partial charge in [-0.25, -0.2) is 9.37 Å². The minimum Gasteiger partial charge on any atom is -0.507 e. The normalized spacial score (nSPS) is 17.3. The zero-order valence-electron chi connectivity index (χ0n) is 22.2. The molecule has 1 aliphatic rings. The van der Waals surface area contributed by atoms with Crippen LogP contribution in [0.3, 0.4) is 0 Å². The van der Waals surface area contributed by atoms with Crippen LogP contribution in [0.25, 0.3) is 16.0 Å². The van der Waals surface area contributed by atoms with E-state index in [4.69, 9.17) is 4.74 Å². The van der Waals surface area contributed by atoms with E-state index in [1.54, 1.807) is 24.3 Å². The molecule has 1 fully saturated rings. The van der Waals surface area contributed by atoms with Gasteiger partial charge in [-0.2, -0.15) is 0 Å². The van der Waals surface area contributed by atoms with Gasteiger partial charge in [0.2, 0.25) is 0 Å². The highest BCUT2D eigenvalue weighted by atomic mass is 32.1. The zero-order valence-corrected chi connectivity index (χ0v) is 23.0. The fourth-order valence-electron chi connectivity index (χ4n) is 4.61. The number of aromatic nitrogens is 1. The first-order chi connectivity index (χ1) is 18.6. The van der Waals surface area contributed by atoms with Gasteiger partial charge in [0.1, 0.15) is 17.3 Å². The Morgan fingerprint density at radius 3 is 2.51 bits per heavy atom. The standard InChI is InChI=1S/C31H29FN2O4S/c1-5-15-38-22-8-6-7-19(16-22)27(35)25-26(18-9-11-20(12-10-18)31(2,3)4)34(29(37)28(25)36)30-33-23-14-13-21(32)17-24(23)39-30/h6-14,16-17,26,35H,5,15H2,1-4H3. The van der Waals surface area contributed by atoms with Crippen LogP contribution in [0.1, 0.15) is 56.8 Å². The van der Waals surface area contributed by atoms with Gasteiger partial charge in [0, 0.05) is 5.56 Å². The second-order valence-electron chi connectivity index (χ2n) is 10.5. The molecule has 1 unspecified atom stereocenters. The molecule has 0 spiro atoms. The Bertz CT molecular complexity index is 1600. The quantitative estimate of drug-likeness (QED) is 0.158. The van der Waals surface area contributed by atoms with E-state index in [9.17, 15) is 19.1 Å². The van der Waals surface area contributed by atoms with Crippen molar-refractivity contribution in [3.05, 3.63) is 94.8 Å². The van der Waals surface area contributed by atoms with Crippen molar-refractivity contribution in [2.24, 2.45) is 0 Å². The first-order valence-electron chi connectivity index (χ1n) is 12.8. The number of Topliss-reactive ketones (excluding diaryl/α,β-unsaturated/α-hetero) is 1. The number of benzene rings is 3. The average molecular weight is 545 g/mol. The van der Waals surface area contributed by atoms with E-state index < -0.39 is 23.5 Å². The predicted molar refractivity (Wildman–Crippen MR) is 152 cm³/mol. The van der Waals surface area contributed by atoms with Crippen molar-refractivity contribution in [2.75, 3.05) is 11.5 Å². The molecule has 39 heavy (non-hydrogen) atoms. The van der Waals surface area contributed by atoms with Crippen LogP contribution in [-0.2, 0) is 15.0 Å². The van der Waals surface area contributed by atoms with Crippen LogP contribution in [0.5, 0.6) is 5.75 Å². The van der Waals surface area contributed by atoms with Crippen LogP contribution in [0, 0.1) is 5.82 Å². The third-order valence-corrected chi connectivity index (χ3v) is 7.68. The first kappa shape index (κ1) is 26.6. The summed E-state index contributed by atoms with van der Waals surface area (Å²) in [6, 6.07) is 17.7. The highest BCUT2D eigenvalue weighted by molar-refractivity contribution is 7.22. The molecule has 3 aromatic carbocycles. The minimum absolute atomic E-state index is 0.0402. The summed E-state index contributed by atoms with van der Waals surface area (Å²) >= 11 is 1.12. The molecule has 1 saturated heterocycles. The van der Waals surface area contributed by atoms with E-state index in [0.717, 1.165) is 23.3 Å². The monoisotopic (exact) mass is 544 g/mol. The first-order valence-corrected chi connectivity index (χ1v) is 13.6. The summed E-state index contributed by atoms with van der Waals surface area (Å²) in [6.45, 7) is 8.80. The summed E-state index contributed by atoms with van der Waals surface area (Å²) in [4.78, 5) is 32.9. The number of nitrogens with zero attached hydrogens (tertiary/aromatic N) is 2. The molecule has 1 aromatic heterocycles. The van der Waals surface area contributed by atoms with Gasteiger partial charge in [-0.15, -0.1) is 0 Å². The molecule has 8 heteroatoms. The molecule has 1 amide bonds. The maximum absolute atomic E-state index is 13.9. The smallest absolute Gasteiger partial charge is 0.301 e. The third-order valence-electron chi connectivity index (χ3n) is 6.66. The summed E-state index contributed by atoms with van der Waals surface area (Å²) < 4.78 is 20.2. The van der Waals surface area contributed by atoms with Crippen LogP contribution in [0.2, 0.25) is 0 Å². The maximum Gasteiger partial charge on any atom is 0.301 e. The van der Waals surface area contributed by atoms with Crippen LogP contribution in [0.4, 0.5) is 9.52 Å². The minimum atomic E-state index is -0.926. The number of rotatable bonds is 6. The van der Waals surface area contributed by atoms with Crippen LogP contribution >= 0.6 is 11.3 Å². The van der Waals surface area contributed by atoms with Gasteiger partial charge >= 0.3 is 5.91 Å². The van der Waals surface area contributed by atoms with E-state index in [0.29, 0.717) is 33.7 Å². The number of thiazole rings is 1. The van der Waals surface area contributed by atoms with Crippen molar-refractivity contribution >= 4 is 44.1 Å². The van der Waals surface area contributed by atoms with Crippen molar-refractivity contribution in [3.8, 4) is 5.75 Å². The Labute approximate surface area is 230 Å². The SMILES string of the molecule is CCCOc1cccc(C(O)=C2C(=O)C(=O)N(c3nc4ccc(F)cc4s3)C2c2ccc(C(C)(C)C)cc2)c1. The van der Waals surface area contributed by atoms with E-state index in [2.05, 4.69) is 25.8 Å². The van der Waals surface area contributed by atoms with Gasteiger partial charge in [0.25, 0.3) is 5.78 Å². The second kappa shape index (κ2) is 10.3. The fraction of sp³-hybridized carbons (Fsp3) is 0.258. The van der Waals surface area contributed by atoms with E-state index in [1.165, 1.54) is 23.1 Å². The topological polar surface area (TPSA) is 79.7 Å². The molecule has 5 rings (SSSR count). The number of halogens is 1. The Balaban J connectivity index is 1.68. The lowest BCUT2D eigenvalue weighted by molar-refractivity contribution is -0.132. The lowest BCUT2D eigenvalue weighted by Crippen LogP contribution is -2.29. The molecule has 0 aliphatic carbocycles. The lowest BCUT2D eigenvalue weighted by atomic mass is 9.85. The van der Waals surface area contributed by atoms with Crippen molar-refractivity contribution < 1.29 is 23.8 Å². The maximum atomic E-state index is 13.9. The molecule has 0 saturated carbocycles. The summed E-state index contributed by atoms with van der Waals surface area (Å²) in [7, 11) is 0. The molecule has 1 atom stereocenters. The van der Waals surface area contributed by atoms with Crippen LogP contribution in [0.15, 0.2) is 72.3 Å². The number of fused-ring (bicyclic) bond motifs is 1. The molecule has 4 aromatic rings. The van der Waals surface area contributed by atoms with Crippen molar-refractivity contribution in [1.29, 1.82) is 0 Å². The van der Waals surface area contributed by atoms with Gasteiger partial charge < -0.3 is 9.84 Å². The van der Waals surface area contributed by atoms with Crippen molar-refractivity contribution in [2.45, 2.75) is 45.6 Å². The van der Waals surface area contributed by atoms with Gasteiger partial charge in [-0.1, -0.05) is 75.4 Å². The molecule has 200 valence electrons. The number of aliphatic hydroxyl groups excluding tert-OH is 1. The van der Waals surface area contributed by atoms with Gasteiger partial charge in [0.15, 0.2) is 5.13 Å². The molecule has 0 radical (unpaired) electrons. The van der Waals surface area contributed by atoms with Gasteiger partial charge in [-0.3, -0.25) is 14.5 Å². The Morgan fingerprint density at radius 2 is 1.82 bits per heavy atom. The average Bonchev–Trinajstić information content (AvgIpc) is 3.44. The summed E-state index contributed by atoms with van der Waals surface area (Å²) in [6.07, 6.45) is 0.817. The Hall–Kier alpha value is -4.04. The Kier molecular flexibility index (Phi) is 6.99. The summed E-state index contributed by atoms with van der Waals surface area (Å²) in [5, 5.41) is 11.7. The number of hydrogen-bond acceptors (Lipinski definition) is 6.